The van der Waals surface area contributed by atoms with E-state index in [9.17, 15) is 0 Å². The number of hydrogen-bond acceptors (Lipinski definition) is 0. The van der Waals surface area contributed by atoms with Crippen molar-refractivity contribution in [3.05, 3.63) is 35.4 Å². The molecule has 1 aromatic carbocycles. The molecule has 0 spiro atoms. The molecular weight excluding hydrogens is 264 g/mol. The van der Waals surface area contributed by atoms with Gasteiger partial charge in [-0.2, -0.15) is 0 Å². The van der Waals surface area contributed by atoms with E-state index in [-0.39, 0.29) is 10.8 Å². The van der Waals surface area contributed by atoms with Crippen LogP contribution in [0, 0.1) is 10.8 Å². The molecule has 0 heteroatoms. The first kappa shape index (κ1) is 19.3. The Morgan fingerprint density at radius 2 is 0.818 bits per heavy atom. The van der Waals surface area contributed by atoms with Crippen LogP contribution in [0.1, 0.15) is 93.2 Å². The van der Waals surface area contributed by atoms with Gasteiger partial charge in [-0.05, 0) is 45.6 Å². The number of hydrogen-bond donors (Lipinski definition) is 0. The predicted molar refractivity (Wildman–Crippen MR) is 101 cm³/mol. The highest BCUT2D eigenvalue weighted by atomic mass is 14.4. The van der Waals surface area contributed by atoms with E-state index in [4.69, 9.17) is 0 Å². The zero-order chi connectivity index (χ0) is 17.4. The van der Waals surface area contributed by atoms with E-state index in [1.54, 1.807) is 0 Å². The summed E-state index contributed by atoms with van der Waals surface area (Å²) in [7, 11) is 0. The van der Waals surface area contributed by atoms with Gasteiger partial charge in [-0.25, -0.2) is 0 Å². The Bertz CT molecular complexity index is 443. The maximum Gasteiger partial charge on any atom is -0.00956 e. The number of benzene rings is 1. The van der Waals surface area contributed by atoms with E-state index in [0.717, 1.165) is 0 Å². The minimum absolute atomic E-state index is 0.198. The average molecular weight is 303 g/mol. The van der Waals surface area contributed by atoms with Crippen molar-refractivity contribution < 1.29 is 0 Å². The summed E-state index contributed by atoms with van der Waals surface area (Å²) in [4.78, 5) is 0. The molecule has 1 aromatic rings. The van der Waals surface area contributed by atoms with Crippen LogP contribution in [0.5, 0.6) is 0 Å². The van der Waals surface area contributed by atoms with E-state index in [1.807, 2.05) is 0 Å². The topological polar surface area (TPSA) is 0 Å². The van der Waals surface area contributed by atoms with Gasteiger partial charge in [0.15, 0.2) is 0 Å². The Kier molecular flexibility index (Phi) is 5.27. The van der Waals surface area contributed by atoms with Crippen molar-refractivity contribution in [1.82, 2.24) is 0 Å². The summed E-state index contributed by atoms with van der Waals surface area (Å²) in [6.07, 6.45) is 2.39. The van der Waals surface area contributed by atoms with Crippen LogP contribution in [-0.2, 0) is 10.8 Å². The highest BCUT2D eigenvalue weighted by Gasteiger charge is 2.34. The fraction of sp³-hybridized carbons (Fsp3) is 0.727. The van der Waals surface area contributed by atoms with Gasteiger partial charge in [0.25, 0.3) is 0 Å². The third-order valence-electron chi connectivity index (χ3n) is 4.33. The minimum Gasteiger partial charge on any atom is -0.0620 e. The van der Waals surface area contributed by atoms with Crippen molar-refractivity contribution in [2.45, 2.75) is 92.9 Å². The number of rotatable bonds is 4. The maximum atomic E-state index is 2.41. The van der Waals surface area contributed by atoms with Crippen molar-refractivity contribution in [3.8, 4) is 0 Å². The molecule has 0 atom stereocenters. The third-order valence-corrected chi connectivity index (χ3v) is 4.33. The van der Waals surface area contributed by atoms with Crippen LogP contribution in [0.2, 0.25) is 0 Å². The maximum absolute atomic E-state index is 2.41. The molecule has 0 unspecified atom stereocenters. The second-order valence-electron chi connectivity index (χ2n) is 10.8. The summed E-state index contributed by atoms with van der Waals surface area (Å²) < 4.78 is 0. The van der Waals surface area contributed by atoms with Gasteiger partial charge in [0.2, 0.25) is 0 Å². The smallest absolute Gasteiger partial charge is 0.00956 e. The van der Waals surface area contributed by atoms with Gasteiger partial charge in [-0.15, -0.1) is 0 Å². The first-order chi connectivity index (χ1) is 9.64. The molecule has 0 radical (unpaired) electrons. The molecule has 0 aromatic heterocycles. The fourth-order valence-corrected chi connectivity index (χ4v) is 4.51. The van der Waals surface area contributed by atoms with Crippen molar-refractivity contribution in [3.63, 3.8) is 0 Å². The van der Waals surface area contributed by atoms with Gasteiger partial charge < -0.3 is 0 Å². The molecule has 0 aliphatic heterocycles. The van der Waals surface area contributed by atoms with Gasteiger partial charge in [-0.3, -0.25) is 0 Å². The largest absolute Gasteiger partial charge is 0.0620 e. The molecular formula is C22H38. The summed E-state index contributed by atoms with van der Waals surface area (Å²) >= 11 is 0. The van der Waals surface area contributed by atoms with Crippen LogP contribution in [0.4, 0.5) is 0 Å². The lowest BCUT2D eigenvalue weighted by atomic mass is 9.65. The second kappa shape index (κ2) is 6.02. The minimum atomic E-state index is 0.198. The normalized spacial score (nSPS) is 14.3. The zero-order valence-electron chi connectivity index (χ0n) is 16.7. The molecule has 0 nitrogen and oxygen atoms in total. The standard InChI is InChI=1S/C22H38/c1-19(2,3)15-21(7,8)17-13-11-12-14-18(17)22(9,10)16-20(4,5)6/h11-14H,15-16H2,1-10H3. The molecule has 0 N–H and O–H groups in total. The Balaban J connectivity index is 3.30. The van der Waals surface area contributed by atoms with Crippen LogP contribution in [0.15, 0.2) is 24.3 Å². The van der Waals surface area contributed by atoms with Crippen molar-refractivity contribution in [2.75, 3.05) is 0 Å². The summed E-state index contributed by atoms with van der Waals surface area (Å²) in [6, 6.07) is 9.11. The highest BCUT2D eigenvalue weighted by Crippen LogP contribution is 2.44. The van der Waals surface area contributed by atoms with E-state index in [0.29, 0.717) is 10.8 Å². The monoisotopic (exact) mass is 302 g/mol. The summed E-state index contributed by atoms with van der Waals surface area (Å²) in [5.41, 5.74) is 4.13. The summed E-state index contributed by atoms with van der Waals surface area (Å²) in [6.45, 7) is 23.7. The SMILES string of the molecule is CC(C)(C)CC(C)(C)c1ccccc1C(C)(C)CC(C)(C)C. The lowest BCUT2D eigenvalue weighted by Crippen LogP contribution is -2.31. The van der Waals surface area contributed by atoms with Crippen molar-refractivity contribution in [1.29, 1.82) is 0 Å². The second-order valence-corrected chi connectivity index (χ2v) is 10.8. The van der Waals surface area contributed by atoms with E-state index in [1.165, 1.54) is 24.0 Å². The van der Waals surface area contributed by atoms with Crippen molar-refractivity contribution >= 4 is 0 Å². The lowest BCUT2D eigenvalue weighted by Gasteiger charge is -2.40. The van der Waals surface area contributed by atoms with E-state index in [2.05, 4.69) is 93.5 Å². The van der Waals surface area contributed by atoms with Crippen LogP contribution in [-0.4, -0.2) is 0 Å². The third kappa shape index (κ3) is 5.45. The molecule has 0 amide bonds. The van der Waals surface area contributed by atoms with E-state index >= 15 is 0 Å². The molecule has 22 heavy (non-hydrogen) atoms. The predicted octanol–water partition coefficient (Wildman–Crippen LogP) is 7.11. The van der Waals surface area contributed by atoms with E-state index < -0.39 is 0 Å². The fourth-order valence-electron chi connectivity index (χ4n) is 4.51. The van der Waals surface area contributed by atoms with Crippen LogP contribution >= 0.6 is 0 Å². The van der Waals surface area contributed by atoms with Gasteiger partial charge in [0.1, 0.15) is 0 Å². The van der Waals surface area contributed by atoms with Crippen LogP contribution in [0.25, 0.3) is 0 Å². The Hall–Kier alpha value is -0.780. The molecule has 0 bridgehead atoms. The van der Waals surface area contributed by atoms with Crippen LogP contribution in [0.3, 0.4) is 0 Å². The molecule has 126 valence electrons. The molecule has 0 saturated carbocycles. The summed E-state index contributed by atoms with van der Waals surface area (Å²) in [5.74, 6) is 0. The summed E-state index contributed by atoms with van der Waals surface area (Å²) in [5, 5.41) is 0. The zero-order valence-corrected chi connectivity index (χ0v) is 16.7. The Labute approximate surface area is 139 Å². The Morgan fingerprint density at radius 3 is 1.05 bits per heavy atom. The van der Waals surface area contributed by atoms with Gasteiger partial charge in [0.05, 0.1) is 0 Å². The van der Waals surface area contributed by atoms with Gasteiger partial charge in [-0.1, -0.05) is 93.5 Å². The highest BCUT2D eigenvalue weighted by molar-refractivity contribution is 5.38. The first-order valence-corrected chi connectivity index (χ1v) is 8.74. The molecule has 0 saturated heterocycles. The van der Waals surface area contributed by atoms with Gasteiger partial charge >= 0.3 is 0 Å². The lowest BCUT2D eigenvalue weighted by molar-refractivity contribution is 0.264. The first-order valence-electron chi connectivity index (χ1n) is 8.74. The molecule has 0 fully saturated rings. The quantitative estimate of drug-likeness (QED) is 0.555. The molecule has 1 rings (SSSR count). The van der Waals surface area contributed by atoms with Crippen LogP contribution < -0.4 is 0 Å². The molecule has 0 aliphatic carbocycles. The Morgan fingerprint density at radius 1 is 0.545 bits per heavy atom. The molecule has 0 heterocycles. The average Bonchev–Trinajstić information content (AvgIpc) is 2.22. The van der Waals surface area contributed by atoms with Crippen molar-refractivity contribution in [2.24, 2.45) is 10.8 Å². The molecule has 0 aliphatic rings. The van der Waals surface area contributed by atoms with Gasteiger partial charge in [0, 0.05) is 0 Å².